The summed E-state index contributed by atoms with van der Waals surface area (Å²) < 4.78 is 27.4. The molecule has 0 radical (unpaired) electrons. The Bertz CT molecular complexity index is 362. The largest absolute Gasteiger partial charge is 0.258 e. The van der Waals surface area contributed by atoms with Gasteiger partial charge in [0.05, 0.1) is 5.41 Å². The average molecular weight is 261 g/mol. The van der Waals surface area contributed by atoms with Gasteiger partial charge in [-0.05, 0) is 24.1 Å². The van der Waals surface area contributed by atoms with Crippen LogP contribution in [0.15, 0.2) is 28.7 Å². The quantitative estimate of drug-likeness (QED) is 0.750. The molecule has 0 amide bonds. The Kier molecular flexibility index (Phi) is 2.18. The minimum Gasteiger partial charge on any atom is -0.206 e. The highest BCUT2D eigenvalue weighted by Gasteiger charge is 2.70. The van der Waals surface area contributed by atoms with Gasteiger partial charge in [0.15, 0.2) is 0 Å². The maximum Gasteiger partial charge on any atom is 0.258 e. The van der Waals surface area contributed by atoms with E-state index in [0.29, 0.717) is 6.42 Å². The second kappa shape index (κ2) is 3.02. The van der Waals surface area contributed by atoms with Crippen LogP contribution in [0.1, 0.15) is 25.3 Å². The van der Waals surface area contributed by atoms with Crippen LogP contribution in [0.25, 0.3) is 0 Å². The first-order valence-electron chi connectivity index (χ1n) is 4.66. The van der Waals surface area contributed by atoms with E-state index in [4.69, 9.17) is 0 Å². The molecule has 0 N–H and O–H groups in total. The zero-order chi connectivity index (χ0) is 10.4. The van der Waals surface area contributed by atoms with Crippen LogP contribution in [-0.2, 0) is 5.41 Å². The van der Waals surface area contributed by atoms with Gasteiger partial charge < -0.3 is 0 Å². The fraction of sp³-hybridized carbons (Fsp3) is 0.455. The number of hydrogen-bond donors (Lipinski definition) is 0. The summed E-state index contributed by atoms with van der Waals surface area (Å²) in [6.45, 7) is 1.82. The summed E-state index contributed by atoms with van der Waals surface area (Å²) in [4.78, 5) is 0. The van der Waals surface area contributed by atoms with Gasteiger partial charge in [-0.15, -0.1) is 0 Å². The van der Waals surface area contributed by atoms with Crippen LogP contribution in [0.5, 0.6) is 0 Å². The van der Waals surface area contributed by atoms with Gasteiger partial charge in [0, 0.05) is 10.9 Å². The molecule has 1 aliphatic carbocycles. The molecular weight excluding hydrogens is 250 g/mol. The highest BCUT2D eigenvalue weighted by Crippen LogP contribution is 2.63. The van der Waals surface area contributed by atoms with Gasteiger partial charge in [-0.25, -0.2) is 8.78 Å². The van der Waals surface area contributed by atoms with E-state index in [-0.39, 0.29) is 6.42 Å². The van der Waals surface area contributed by atoms with Crippen LogP contribution >= 0.6 is 15.9 Å². The standard InChI is InChI=1S/C11H11BrF2/c1-2-10(7-11(10,13)14)8-4-3-5-9(12)6-8/h3-6H,2,7H2,1H3. The second-order valence-corrected chi connectivity index (χ2v) is 4.74. The Balaban J connectivity index is 2.40. The van der Waals surface area contributed by atoms with Gasteiger partial charge in [-0.2, -0.15) is 0 Å². The fourth-order valence-corrected chi connectivity index (χ4v) is 2.42. The lowest BCUT2D eigenvalue weighted by Gasteiger charge is -2.14. The Morgan fingerprint density at radius 3 is 2.50 bits per heavy atom. The van der Waals surface area contributed by atoms with E-state index in [1.165, 1.54) is 0 Å². The first-order chi connectivity index (χ1) is 6.52. The molecule has 0 heterocycles. The Hall–Kier alpha value is -0.440. The highest BCUT2D eigenvalue weighted by molar-refractivity contribution is 9.10. The van der Waals surface area contributed by atoms with E-state index in [1.54, 1.807) is 12.1 Å². The van der Waals surface area contributed by atoms with E-state index < -0.39 is 11.3 Å². The molecule has 76 valence electrons. The van der Waals surface area contributed by atoms with Crippen LogP contribution < -0.4 is 0 Å². The van der Waals surface area contributed by atoms with E-state index >= 15 is 0 Å². The molecule has 0 aromatic heterocycles. The number of rotatable bonds is 2. The molecule has 1 fully saturated rings. The van der Waals surface area contributed by atoms with Gasteiger partial charge in [-0.1, -0.05) is 35.0 Å². The molecule has 0 saturated heterocycles. The van der Waals surface area contributed by atoms with Crippen molar-refractivity contribution in [3.05, 3.63) is 34.3 Å². The summed E-state index contributed by atoms with van der Waals surface area (Å²) in [7, 11) is 0. The van der Waals surface area contributed by atoms with Crippen LogP contribution in [0.3, 0.4) is 0 Å². The van der Waals surface area contributed by atoms with Crippen LogP contribution in [0.2, 0.25) is 0 Å². The van der Waals surface area contributed by atoms with Crippen molar-refractivity contribution in [3.8, 4) is 0 Å². The summed E-state index contributed by atoms with van der Waals surface area (Å²) in [5.74, 6) is -2.51. The summed E-state index contributed by atoms with van der Waals surface area (Å²) in [6.07, 6.45) is 0.489. The third kappa shape index (κ3) is 1.29. The number of halogens is 3. The smallest absolute Gasteiger partial charge is 0.206 e. The van der Waals surface area contributed by atoms with Crippen molar-refractivity contribution >= 4 is 15.9 Å². The Labute approximate surface area is 90.4 Å². The maximum atomic E-state index is 13.3. The molecule has 1 saturated carbocycles. The van der Waals surface area contributed by atoms with Gasteiger partial charge in [0.2, 0.25) is 0 Å². The topological polar surface area (TPSA) is 0 Å². The lowest BCUT2D eigenvalue weighted by atomic mass is 9.93. The maximum absolute atomic E-state index is 13.3. The first-order valence-corrected chi connectivity index (χ1v) is 5.45. The average Bonchev–Trinajstić information content (AvgIpc) is 2.70. The molecular formula is C11H11BrF2. The predicted octanol–water partition coefficient (Wildman–Crippen LogP) is 4.14. The van der Waals surface area contributed by atoms with E-state index in [1.807, 2.05) is 19.1 Å². The zero-order valence-electron chi connectivity index (χ0n) is 7.86. The molecule has 2 rings (SSSR count). The van der Waals surface area contributed by atoms with Crippen LogP contribution in [0, 0.1) is 0 Å². The van der Waals surface area contributed by atoms with Crippen LogP contribution in [-0.4, -0.2) is 5.92 Å². The molecule has 0 spiro atoms. The van der Waals surface area contributed by atoms with Gasteiger partial charge in [0.1, 0.15) is 0 Å². The SMILES string of the molecule is CCC1(c2cccc(Br)c2)CC1(F)F. The van der Waals surface area contributed by atoms with Gasteiger partial charge in [-0.3, -0.25) is 0 Å². The van der Waals surface area contributed by atoms with Gasteiger partial charge in [0.25, 0.3) is 5.92 Å². The zero-order valence-corrected chi connectivity index (χ0v) is 9.44. The van der Waals surface area contributed by atoms with Crippen molar-refractivity contribution < 1.29 is 8.78 Å². The monoisotopic (exact) mass is 260 g/mol. The first kappa shape index (κ1) is 10.1. The van der Waals surface area contributed by atoms with Crippen molar-refractivity contribution in [1.29, 1.82) is 0 Å². The summed E-state index contributed by atoms with van der Waals surface area (Å²) in [6, 6.07) is 7.25. The molecule has 14 heavy (non-hydrogen) atoms. The molecule has 0 bridgehead atoms. The Morgan fingerprint density at radius 1 is 1.43 bits per heavy atom. The summed E-state index contributed by atoms with van der Waals surface area (Å²) in [5, 5.41) is 0. The molecule has 1 aromatic carbocycles. The molecule has 1 atom stereocenters. The summed E-state index contributed by atoms with van der Waals surface area (Å²) >= 11 is 3.30. The van der Waals surface area contributed by atoms with Crippen molar-refractivity contribution in [2.75, 3.05) is 0 Å². The molecule has 1 aromatic rings. The van der Waals surface area contributed by atoms with Crippen molar-refractivity contribution in [2.24, 2.45) is 0 Å². The van der Waals surface area contributed by atoms with E-state index in [2.05, 4.69) is 15.9 Å². The third-order valence-corrected chi connectivity index (χ3v) is 3.57. The number of benzene rings is 1. The summed E-state index contributed by atoms with van der Waals surface area (Å²) in [5.41, 5.74) is -0.143. The van der Waals surface area contributed by atoms with Gasteiger partial charge >= 0.3 is 0 Å². The predicted molar refractivity (Wildman–Crippen MR) is 55.7 cm³/mol. The van der Waals surface area contributed by atoms with Crippen molar-refractivity contribution in [2.45, 2.75) is 31.1 Å². The van der Waals surface area contributed by atoms with Crippen LogP contribution in [0.4, 0.5) is 8.78 Å². The molecule has 1 unspecified atom stereocenters. The molecule has 1 aliphatic rings. The third-order valence-electron chi connectivity index (χ3n) is 3.08. The second-order valence-electron chi connectivity index (χ2n) is 3.83. The van der Waals surface area contributed by atoms with E-state index in [9.17, 15) is 8.78 Å². The molecule has 0 nitrogen and oxygen atoms in total. The molecule has 3 heteroatoms. The highest BCUT2D eigenvalue weighted by atomic mass is 79.9. The normalized spacial score (nSPS) is 28.9. The number of hydrogen-bond acceptors (Lipinski definition) is 0. The van der Waals surface area contributed by atoms with Crippen molar-refractivity contribution in [3.63, 3.8) is 0 Å². The number of alkyl halides is 2. The lowest BCUT2D eigenvalue weighted by molar-refractivity contribution is 0.0865. The van der Waals surface area contributed by atoms with Crippen molar-refractivity contribution in [1.82, 2.24) is 0 Å². The minimum absolute atomic E-state index is 0.00699. The fourth-order valence-electron chi connectivity index (χ4n) is 2.02. The van der Waals surface area contributed by atoms with E-state index in [0.717, 1.165) is 10.0 Å². The lowest BCUT2D eigenvalue weighted by Crippen LogP contribution is -2.15. The Morgan fingerprint density at radius 2 is 2.07 bits per heavy atom. The minimum atomic E-state index is -2.51. The molecule has 0 aliphatic heterocycles.